The average molecular weight is 210 g/mol. The minimum Gasteiger partial charge on any atom is -0.480 e. The molecule has 2 aliphatic heterocycles. The third-order valence-electron chi connectivity index (χ3n) is 4.01. The van der Waals surface area contributed by atoms with Crippen molar-refractivity contribution in [3.05, 3.63) is 0 Å². The van der Waals surface area contributed by atoms with Crippen LogP contribution in [-0.4, -0.2) is 59.6 Å². The van der Waals surface area contributed by atoms with Crippen molar-refractivity contribution in [3.63, 3.8) is 0 Å². The number of nitrogens with zero attached hydrogens (tertiary/aromatic N) is 2. The van der Waals surface area contributed by atoms with Crippen molar-refractivity contribution < 1.29 is 9.90 Å². The van der Waals surface area contributed by atoms with E-state index in [1.165, 1.54) is 32.4 Å². The highest BCUT2D eigenvalue weighted by Crippen LogP contribution is 2.43. The summed E-state index contributed by atoms with van der Waals surface area (Å²) in [5, 5.41) is 8.68. The zero-order valence-corrected chi connectivity index (χ0v) is 8.98. The predicted octanol–water partition coefficient (Wildman–Crippen LogP) is 0.241. The minimum atomic E-state index is -0.693. The molecule has 1 spiro atoms. The Kier molecular flexibility index (Phi) is 2.04. The van der Waals surface area contributed by atoms with Crippen LogP contribution >= 0.6 is 0 Å². The average Bonchev–Trinajstić information content (AvgIpc) is 2.86. The maximum Gasteiger partial charge on any atom is 0.317 e. The molecule has 4 heteroatoms. The molecule has 1 saturated carbocycles. The second-order valence-corrected chi connectivity index (χ2v) is 5.49. The monoisotopic (exact) mass is 210 g/mol. The highest BCUT2D eigenvalue weighted by atomic mass is 16.4. The molecule has 3 rings (SSSR count). The summed E-state index contributed by atoms with van der Waals surface area (Å²) in [4.78, 5) is 15.2. The summed E-state index contributed by atoms with van der Waals surface area (Å²) < 4.78 is 0. The lowest BCUT2D eigenvalue weighted by molar-refractivity contribution is -0.141. The van der Waals surface area contributed by atoms with E-state index in [9.17, 15) is 4.79 Å². The summed E-state index contributed by atoms with van der Waals surface area (Å²) >= 11 is 0. The van der Waals surface area contributed by atoms with E-state index in [2.05, 4.69) is 9.80 Å². The zero-order valence-electron chi connectivity index (χ0n) is 8.98. The molecule has 2 saturated heterocycles. The van der Waals surface area contributed by atoms with Gasteiger partial charge in [0.05, 0.1) is 6.54 Å². The van der Waals surface area contributed by atoms with Crippen molar-refractivity contribution >= 4 is 5.97 Å². The maximum atomic E-state index is 10.5. The molecule has 1 aliphatic carbocycles. The van der Waals surface area contributed by atoms with Gasteiger partial charge < -0.3 is 5.11 Å². The molecule has 2 heterocycles. The van der Waals surface area contributed by atoms with Gasteiger partial charge in [0.25, 0.3) is 0 Å². The van der Waals surface area contributed by atoms with Gasteiger partial charge in [0.1, 0.15) is 0 Å². The van der Waals surface area contributed by atoms with Gasteiger partial charge in [-0.15, -0.1) is 0 Å². The Bertz CT molecular complexity index is 282. The van der Waals surface area contributed by atoms with Gasteiger partial charge in [-0.3, -0.25) is 14.6 Å². The van der Waals surface area contributed by atoms with Gasteiger partial charge in [0.15, 0.2) is 0 Å². The first-order valence-electron chi connectivity index (χ1n) is 5.85. The summed E-state index contributed by atoms with van der Waals surface area (Å²) in [6.45, 7) is 4.69. The van der Waals surface area contributed by atoms with E-state index in [1.807, 2.05) is 0 Å². The molecule has 3 fully saturated rings. The van der Waals surface area contributed by atoms with E-state index in [1.54, 1.807) is 0 Å². The van der Waals surface area contributed by atoms with Crippen LogP contribution in [0.5, 0.6) is 0 Å². The van der Waals surface area contributed by atoms with Crippen molar-refractivity contribution in [2.75, 3.05) is 32.7 Å². The van der Waals surface area contributed by atoms with Crippen LogP contribution in [0.2, 0.25) is 0 Å². The first-order chi connectivity index (χ1) is 7.17. The van der Waals surface area contributed by atoms with E-state index in [0.717, 1.165) is 19.1 Å². The number of carboxylic acids is 1. The van der Waals surface area contributed by atoms with Gasteiger partial charge in [0.2, 0.25) is 0 Å². The molecule has 0 aromatic carbocycles. The fraction of sp³-hybridized carbons (Fsp3) is 0.909. The molecule has 0 radical (unpaired) electrons. The molecule has 0 bridgehead atoms. The Morgan fingerprint density at radius 3 is 2.67 bits per heavy atom. The molecule has 0 aromatic heterocycles. The maximum absolute atomic E-state index is 10.5. The van der Waals surface area contributed by atoms with Crippen molar-refractivity contribution in [3.8, 4) is 0 Å². The summed E-state index contributed by atoms with van der Waals surface area (Å²) in [5.74, 6) is -0.693. The molecular formula is C11H18N2O2. The number of aliphatic carboxylic acids is 1. The second kappa shape index (κ2) is 3.19. The van der Waals surface area contributed by atoms with Gasteiger partial charge in [-0.2, -0.15) is 0 Å². The van der Waals surface area contributed by atoms with Gasteiger partial charge in [-0.25, -0.2) is 0 Å². The second-order valence-electron chi connectivity index (χ2n) is 5.49. The fourth-order valence-electron chi connectivity index (χ4n) is 3.18. The van der Waals surface area contributed by atoms with Crippen LogP contribution in [0.15, 0.2) is 0 Å². The molecule has 0 atom stereocenters. The van der Waals surface area contributed by atoms with Crippen LogP contribution < -0.4 is 0 Å². The zero-order chi connectivity index (χ0) is 10.5. The van der Waals surface area contributed by atoms with Crippen molar-refractivity contribution in [1.82, 2.24) is 9.80 Å². The number of carbonyl (C=O) groups is 1. The Morgan fingerprint density at radius 2 is 2.07 bits per heavy atom. The van der Waals surface area contributed by atoms with Crippen LogP contribution in [-0.2, 0) is 4.79 Å². The summed E-state index contributed by atoms with van der Waals surface area (Å²) in [7, 11) is 0. The molecular weight excluding hydrogens is 192 g/mol. The van der Waals surface area contributed by atoms with Crippen LogP contribution in [0.25, 0.3) is 0 Å². The largest absolute Gasteiger partial charge is 0.480 e. The van der Waals surface area contributed by atoms with Crippen LogP contribution in [0.3, 0.4) is 0 Å². The normalized spacial score (nSPS) is 30.7. The van der Waals surface area contributed by atoms with Crippen LogP contribution in [0, 0.1) is 5.41 Å². The molecule has 0 aromatic rings. The minimum absolute atomic E-state index is 0.227. The van der Waals surface area contributed by atoms with Gasteiger partial charge >= 0.3 is 5.97 Å². The van der Waals surface area contributed by atoms with E-state index in [-0.39, 0.29) is 6.54 Å². The summed E-state index contributed by atoms with van der Waals surface area (Å²) in [6, 6.07) is 0.873. The first kappa shape index (κ1) is 9.60. The first-order valence-corrected chi connectivity index (χ1v) is 5.85. The molecule has 15 heavy (non-hydrogen) atoms. The molecule has 0 amide bonds. The molecule has 1 N–H and O–H groups in total. The van der Waals surface area contributed by atoms with Gasteiger partial charge in [-0.05, 0) is 25.8 Å². The quantitative estimate of drug-likeness (QED) is 0.725. The number of carboxylic acid groups (broad SMARTS) is 1. The van der Waals surface area contributed by atoms with E-state index < -0.39 is 5.97 Å². The third-order valence-corrected chi connectivity index (χ3v) is 4.01. The number of hydrogen-bond donors (Lipinski definition) is 1. The SMILES string of the molecule is O=C(O)CN1CC2(CCN(C3CC3)C2)C1. The van der Waals surface area contributed by atoms with Crippen LogP contribution in [0.1, 0.15) is 19.3 Å². The van der Waals surface area contributed by atoms with E-state index in [4.69, 9.17) is 5.11 Å². The van der Waals surface area contributed by atoms with Crippen LogP contribution in [0.4, 0.5) is 0 Å². The van der Waals surface area contributed by atoms with Crippen molar-refractivity contribution in [1.29, 1.82) is 0 Å². The van der Waals surface area contributed by atoms with E-state index >= 15 is 0 Å². The molecule has 3 aliphatic rings. The Labute approximate surface area is 89.8 Å². The topological polar surface area (TPSA) is 43.8 Å². The highest BCUT2D eigenvalue weighted by molar-refractivity contribution is 5.69. The fourth-order valence-corrected chi connectivity index (χ4v) is 3.18. The number of likely N-dealkylation sites (tertiary alicyclic amines) is 2. The van der Waals surface area contributed by atoms with Gasteiger partial charge in [0, 0.05) is 31.1 Å². The number of hydrogen-bond acceptors (Lipinski definition) is 3. The molecule has 4 nitrogen and oxygen atoms in total. The van der Waals surface area contributed by atoms with Gasteiger partial charge in [-0.1, -0.05) is 0 Å². The lowest BCUT2D eigenvalue weighted by Gasteiger charge is -2.47. The van der Waals surface area contributed by atoms with E-state index in [0.29, 0.717) is 5.41 Å². The van der Waals surface area contributed by atoms with Crippen molar-refractivity contribution in [2.45, 2.75) is 25.3 Å². The van der Waals surface area contributed by atoms with Crippen molar-refractivity contribution in [2.24, 2.45) is 5.41 Å². The summed E-state index contributed by atoms with van der Waals surface area (Å²) in [5.41, 5.74) is 0.456. The molecule has 0 unspecified atom stereocenters. The lowest BCUT2D eigenvalue weighted by Crippen LogP contribution is -2.58. The Hall–Kier alpha value is -0.610. The lowest BCUT2D eigenvalue weighted by atomic mass is 9.79. The predicted molar refractivity (Wildman–Crippen MR) is 55.7 cm³/mol. The standard InChI is InChI=1S/C11H18N2O2/c14-10(15)5-12-6-11(7-12)3-4-13(8-11)9-1-2-9/h9H,1-8H2,(H,14,15). The molecule has 84 valence electrons. The Morgan fingerprint density at radius 1 is 1.33 bits per heavy atom. The summed E-state index contributed by atoms with van der Waals surface area (Å²) in [6.07, 6.45) is 4.05. The smallest absolute Gasteiger partial charge is 0.317 e. The third kappa shape index (κ3) is 1.76. The number of rotatable bonds is 3. The Balaban J connectivity index is 1.50. The highest BCUT2D eigenvalue weighted by Gasteiger charge is 2.50.